The summed E-state index contributed by atoms with van der Waals surface area (Å²) in [6.07, 6.45) is 1.80. The first-order chi connectivity index (χ1) is 22.5. The number of nitrogens with one attached hydrogen (secondary N) is 2. The van der Waals surface area contributed by atoms with Crippen molar-refractivity contribution in [2.75, 3.05) is 26.7 Å². The Morgan fingerprint density at radius 2 is 1.60 bits per heavy atom. The van der Waals surface area contributed by atoms with Crippen LogP contribution >= 0.6 is 0 Å². The maximum Gasteiger partial charge on any atom is 0.410 e. The molecule has 1 saturated heterocycles. The lowest BCUT2D eigenvalue weighted by Crippen LogP contribution is -2.65. The predicted octanol–water partition coefficient (Wildman–Crippen LogP) is 3.48. The minimum atomic E-state index is -3.96. The van der Waals surface area contributed by atoms with Crippen molar-refractivity contribution < 1.29 is 32.3 Å². The molecule has 1 heterocycles. The number of sulfonamides is 1. The van der Waals surface area contributed by atoms with Crippen LogP contribution in [0.15, 0.2) is 59.5 Å². The van der Waals surface area contributed by atoms with Gasteiger partial charge in [0.15, 0.2) is 0 Å². The molecule has 48 heavy (non-hydrogen) atoms. The summed E-state index contributed by atoms with van der Waals surface area (Å²) in [6, 6.07) is 12.4. The Hall–Kier alpha value is -3.97. The van der Waals surface area contributed by atoms with E-state index in [0.717, 1.165) is 28.9 Å². The van der Waals surface area contributed by atoms with E-state index in [-0.39, 0.29) is 36.5 Å². The zero-order valence-electron chi connectivity index (χ0n) is 28.9. The maximum absolute atomic E-state index is 14.3. The molecule has 0 bridgehead atoms. The lowest BCUT2D eigenvalue weighted by atomic mass is 9.87. The number of piperazine rings is 1. The first-order valence-corrected chi connectivity index (χ1v) is 17.9. The van der Waals surface area contributed by atoms with E-state index in [0.29, 0.717) is 6.42 Å². The lowest BCUT2D eigenvalue weighted by Gasteiger charge is -2.42. The average Bonchev–Trinajstić information content (AvgIpc) is 3.05. The molecule has 0 radical (unpaired) electrons. The number of benzene rings is 2. The second-order valence-corrected chi connectivity index (χ2v) is 15.8. The first kappa shape index (κ1) is 36.9. The Morgan fingerprint density at radius 3 is 2.25 bits per heavy atom. The van der Waals surface area contributed by atoms with E-state index in [1.807, 2.05) is 24.3 Å². The van der Waals surface area contributed by atoms with E-state index in [4.69, 9.17) is 4.74 Å². The normalized spacial score (nSPS) is 19.9. The van der Waals surface area contributed by atoms with Crippen LogP contribution in [0.1, 0.15) is 71.6 Å². The topological polar surface area (TPSA) is 145 Å². The molecule has 1 fully saturated rings. The van der Waals surface area contributed by atoms with Gasteiger partial charge in [-0.05, 0) is 76.1 Å². The second-order valence-electron chi connectivity index (χ2n) is 13.9. The van der Waals surface area contributed by atoms with E-state index in [1.54, 1.807) is 52.8 Å². The monoisotopic (exact) mass is 683 g/mol. The van der Waals surface area contributed by atoms with E-state index in [9.17, 15) is 27.6 Å². The highest BCUT2D eigenvalue weighted by Crippen LogP contribution is 2.30. The minimum absolute atomic E-state index is 0.0322. The third kappa shape index (κ3) is 8.54. The highest BCUT2D eigenvalue weighted by Gasteiger charge is 2.43. The third-order valence-electron chi connectivity index (χ3n) is 8.87. The Labute approximate surface area is 284 Å². The van der Waals surface area contributed by atoms with Gasteiger partial charge in [-0.15, -0.1) is 0 Å². The van der Waals surface area contributed by atoms with Gasteiger partial charge in [-0.3, -0.25) is 19.3 Å². The van der Waals surface area contributed by atoms with Crippen LogP contribution in [0.4, 0.5) is 4.79 Å². The van der Waals surface area contributed by atoms with Crippen LogP contribution in [0.3, 0.4) is 0 Å². The number of fused-ring (bicyclic) bond motifs is 1. The van der Waals surface area contributed by atoms with Gasteiger partial charge in [0.2, 0.25) is 27.7 Å². The lowest BCUT2D eigenvalue weighted by molar-refractivity contribution is -0.147. The molecule has 4 atom stereocenters. The summed E-state index contributed by atoms with van der Waals surface area (Å²) in [4.78, 5) is 57.1. The van der Waals surface area contributed by atoms with Crippen molar-refractivity contribution in [2.45, 2.75) is 95.5 Å². The van der Waals surface area contributed by atoms with Crippen LogP contribution in [0.5, 0.6) is 0 Å². The summed E-state index contributed by atoms with van der Waals surface area (Å²) >= 11 is 0. The number of ether oxygens (including phenoxy) is 1. The fourth-order valence-electron chi connectivity index (χ4n) is 6.01. The predicted molar refractivity (Wildman–Crippen MR) is 181 cm³/mol. The Kier molecular flexibility index (Phi) is 11.6. The van der Waals surface area contributed by atoms with Crippen molar-refractivity contribution in [2.24, 2.45) is 5.92 Å². The molecule has 4 amide bonds. The summed E-state index contributed by atoms with van der Waals surface area (Å²) in [6.45, 7) is 9.91. The smallest absolute Gasteiger partial charge is 0.410 e. The molecule has 262 valence electrons. The van der Waals surface area contributed by atoms with Crippen molar-refractivity contribution in [3.8, 4) is 0 Å². The molecule has 0 aromatic heterocycles. The number of rotatable bonds is 9. The molecule has 1 aliphatic carbocycles. The van der Waals surface area contributed by atoms with Crippen molar-refractivity contribution in [3.05, 3.63) is 65.7 Å². The Morgan fingerprint density at radius 1 is 0.958 bits per heavy atom. The summed E-state index contributed by atoms with van der Waals surface area (Å²) < 4.78 is 33.9. The van der Waals surface area contributed by atoms with Crippen LogP contribution in [0.2, 0.25) is 0 Å². The first-order valence-electron chi connectivity index (χ1n) is 16.5. The molecule has 0 unspecified atom stereocenters. The minimum Gasteiger partial charge on any atom is -0.444 e. The zero-order valence-corrected chi connectivity index (χ0v) is 29.7. The van der Waals surface area contributed by atoms with Crippen LogP contribution < -0.4 is 10.6 Å². The second kappa shape index (κ2) is 15.1. The van der Waals surface area contributed by atoms with Crippen LogP contribution in [-0.4, -0.2) is 96.7 Å². The van der Waals surface area contributed by atoms with E-state index >= 15 is 0 Å². The molecule has 0 spiro atoms. The number of hydrogen-bond acceptors (Lipinski definition) is 7. The average molecular weight is 684 g/mol. The molecule has 2 aromatic rings. The van der Waals surface area contributed by atoms with E-state index < -0.39 is 57.6 Å². The van der Waals surface area contributed by atoms with Gasteiger partial charge in [0.05, 0.1) is 10.9 Å². The summed E-state index contributed by atoms with van der Waals surface area (Å²) in [5.74, 6) is -1.93. The fraction of sp³-hybridized carbons (Fsp3) is 0.543. The Balaban J connectivity index is 1.59. The fourth-order valence-corrected chi connectivity index (χ4v) is 7.47. The van der Waals surface area contributed by atoms with Gasteiger partial charge in [0.1, 0.15) is 23.7 Å². The molecule has 12 nitrogen and oxygen atoms in total. The summed E-state index contributed by atoms with van der Waals surface area (Å²) in [5, 5.41) is 5.90. The van der Waals surface area contributed by atoms with Gasteiger partial charge >= 0.3 is 6.09 Å². The number of carbonyl (C=O) groups is 4. The zero-order chi connectivity index (χ0) is 35.4. The SMILES string of the molecule is CC(C)[C@H](NC(=O)[C@H](C)N(C)C(=O)OC(C)(C)C)C(=O)N1CCN(S(=O)(=O)c2ccccc2)C[C@H]1C(=O)N[C@@H]1CCCc2ccccc21. The van der Waals surface area contributed by atoms with E-state index in [2.05, 4.69) is 10.6 Å². The van der Waals surface area contributed by atoms with Crippen molar-refractivity contribution >= 4 is 33.8 Å². The largest absolute Gasteiger partial charge is 0.444 e. The van der Waals surface area contributed by atoms with Gasteiger partial charge in [-0.2, -0.15) is 4.31 Å². The molecule has 2 aromatic carbocycles. The summed E-state index contributed by atoms with van der Waals surface area (Å²) in [7, 11) is -2.52. The van der Waals surface area contributed by atoms with Gasteiger partial charge < -0.3 is 20.3 Å². The molecule has 2 N–H and O–H groups in total. The number of nitrogens with zero attached hydrogens (tertiary/aromatic N) is 3. The maximum atomic E-state index is 14.3. The van der Waals surface area contributed by atoms with Crippen molar-refractivity contribution in [3.63, 3.8) is 0 Å². The molecule has 1 aliphatic heterocycles. The number of hydrogen-bond donors (Lipinski definition) is 2. The summed E-state index contributed by atoms with van der Waals surface area (Å²) in [5.41, 5.74) is 1.39. The number of amides is 4. The highest BCUT2D eigenvalue weighted by atomic mass is 32.2. The molecule has 2 aliphatic rings. The number of carbonyl (C=O) groups excluding carboxylic acids is 4. The quantitative estimate of drug-likeness (QED) is 0.412. The van der Waals surface area contributed by atoms with Crippen molar-refractivity contribution in [1.82, 2.24) is 24.7 Å². The van der Waals surface area contributed by atoms with Crippen LogP contribution in [0, 0.1) is 5.92 Å². The molecule has 4 rings (SSSR count). The van der Waals surface area contributed by atoms with Crippen LogP contribution in [0.25, 0.3) is 0 Å². The van der Waals surface area contributed by atoms with Gasteiger partial charge in [0, 0.05) is 26.7 Å². The Bertz CT molecular complexity index is 1590. The standard InChI is InChI=1S/C35H49N5O7S/c1-23(2)30(37-31(41)24(3)38(7)34(44)47-35(4,5)6)33(43)40-21-20-39(48(45,46)26-16-9-8-10-17-26)22-29(40)32(42)36-28-19-13-15-25-14-11-12-18-27(25)28/h8-12,14,16-18,23-24,28-30H,13,15,19-22H2,1-7H3,(H,36,42)(H,37,41)/t24-,28+,29-,30-/m0/s1. The number of aryl methyl sites for hydroxylation is 1. The molecular weight excluding hydrogens is 634 g/mol. The van der Waals surface area contributed by atoms with Crippen LogP contribution in [-0.2, 0) is 35.6 Å². The van der Waals surface area contributed by atoms with Gasteiger partial charge in [-0.25, -0.2) is 13.2 Å². The highest BCUT2D eigenvalue weighted by molar-refractivity contribution is 7.89. The number of likely N-dealkylation sites (N-methyl/N-ethyl adjacent to an activating group) is 1. The van der Waals surface area contributed by atoms with Crippen molar-refractivity contribution in [1.29, 1.82) is 0 Å². The molecule has 13 heteroatoms. The van der Waals surface area contributed by atoms with Gasteiger partial charge in [-0.1, -0.05) is 56.3 Å². The molecule has 0 saturated carbocycles. The van der Waals surface area contributed by atoms with E-state index in [1.165, 1.54) is 35.3 Å². The molecular formula is C35H49N5O7S. The third-order valence-corrected chi connectivity index (χ3v) is 10.7. The van der Waals surface area contributed by atoms with Gasteiger partial charge in [0.25, 0.3) is 0 Å².